The highest BCUT2D eigenvalue weighted by Gasteiger charge is 2.24. The summed E-state index contributed by atoms with van der Waals surface area (Å²) in [4.78, 5) is 31.2. The Morgan fingerprint density at radius 1 is 1.40 bits per heavy atom. The lowest BCUT2D eigenvalue weighted by Gasteiger charge is -2.05. The van der Waals surface area contributed by atoms with Gasteiger partial charge in [-0.2, -0.15) is 0 Å². The molecule has 0 aromatic heterocycles. The van der Waals surface area contributed by atoms with Crippen LogP contribution >= 0.6 is 0 Å². The molecule has 1 rings (SSSR count). The standard InChI is InChI=1S/C10H10N2O7S/c1-20(18,19)8-3-2-6(4-7(8)12(16)17)10(15)11-5-9(13)14/h2-4H,5H2,1H3,(H,11,15)(H,13,14). The Hall–Kier alpha value is -2.49. The lowest BCUT2D eigenvalue weighted by atomic mass is 10.2. The number of carboxylic acid groups (broad SMARTS) is 1. The third kappa shape index (κ3) is 3.75. The van der Waals surface area contributed by atoms with E-state index in [1.165, 1.54) is 0 Å². The Balaban J connectivity index is 3.21. The van der Waals surface area contributed by atoms with E-state index in [0.717, 1.165) is 24.5 Å². The molecule has 0 saturated heterocycles. The first-order valence-corrected chi connectivity index (χ1v) is 7.00. The van der Waals surface area contributed by atoms with Gasteiger partial charge >= 0.3 is 5.97 Å². The second-order valence-electron chi connectivity index (χ2n) is 3.79. The van der Waals surface area contributed by atoms with E-state index >= 15 is 0 Å². The fourth-order valence-electron chi connectivity index (χ4n) is 1.37. The van der Waals surface area contributed by atoms with Crippen LogP contribution in [0, 0.1) is 10.1 Å². The first kappa shape index (κ1) is 15.6. The van der Waals surface area contributed by atoms with Crippen LogP contribution in [0.4, 0.5) is 5.69 Å². The molecule has 108 valence electrons. The maximum Gasteiger partial charge on any atom is 0.322 e. The Bertz CT molecular complexity index is 681. The van der Waals surface area contributed by atoms with Gasteiger partial charge in [0.25, 0.3) is 11.6 Å². The quantitative estimate of drug-likeness (QED) is 0.566. The fraction of sp³-hybridized carbons (Fsp3) is 0.200. The molecule has 1 aromatic rings. The zero-order valence-corrected chi connectivity index (χ0v) is 11.0. The van der Waals surface area contributed by atoms with Crippen LogP contribution in [0.2, 0.25) is 0 Å². The van der Waals surface area contributed by atoms with Gasteiger partial charge in [-0.05, 0) is 12.1 Å². The second-order valence-corrected chi connectivity index (χ2v) is 5.77. The number of amides is 1. The van der Waals surface area contributed by atoms with Gasteiger partial charge in [-0.3, -0.25) is 19.7 Å². The van der Waals surface area contributed by atoms with E-state index in [9.17, 15) is 28.1 Å². The molecule has 0 spiro atoms. The molecule has 0 unspecified atom stereocenters. The van der Waals surface area contributed by atoms with Crippen molar-refractivity contribution < 1.29 is 28.0 Å². The molecule has 0 aliphatic carbocycles. The van der Waals surface area contributed by atoms with Crippen molar-refractivity contribution in [3.63, 3.8) is 0 Å². The number of rotatable bonds is 5. The van der Waals surface area contributed by atoms with E-state index in [1.807, 2.05) is 5.32 Å². The number of aliphatic carboxylic acids is 1. The Morgan fingerprint density at radius 2 is 2.00 bits per heavy atom. The molecule has 0 bridgehead atoms. The predicted octanol–water partition coefficient (Wildman–Crippen LogP) is -0.187. The number of carboxylic acids is 1. The van der Waals surface area contributed by atoms with Crippen molar-refractivity contribution in [1.29, 1.82) is 0 Å². The monoisotopic (exact) mass is 302 g/mol. The van der Waals surface area contributed by atoms with Gasteiger partial charge in [0.05, 0.1) is 4.92 Å². The van der Waals surface area contributed by atoms with Crippen LogP contribution in [-0.2, 0) is 14.6 Å². The lowest BCUT2D eigenvalue weighted by molar-refractivity contribution is -0.387. The van der Waals surface area contributed by atoms with E-state index in [0.29, 0.717) is 0 Å². The number of nitrogens with zero attached hydrogens (tertiary/aromatic N) is 1. The summed E-state index contributed by atoms with van der Waals surface area (Å²) in [6.07, 6.45) is 0.805. The minimum Gasteiger partial charge on any atom is -0.480 e. The van der Waals surface area contributed by atoms with Gasteiger partial charge < -0.3 is 10.4 Å². The topological polar surface area (TPSA) is 144 Å². The van der Waals surface area contributed by atoms with Crippen molar-refractivity contribution >= 4 is 27.4 Å². The van der Waals surface area contributed by atoms with Gasteiger partial charge in [0, 0.05) is 17.9 Å². The summed E-state index contributed by atoms with van der Waals surface area (Å²) in [5.41, 5.74) is -0.944. The highest BCUT2D eigenvalue weighted by molar-refractivity contribution is 7.90. The number of hydrogen-bond donors (Lipinski definition) is 2. The molecular formula is C10H10N2O7S. The lowest BCUT2D eigenvalue weighted by Crippen LogP contribution is -2.29. The molecule has 0 saturated carbocycles. The summed E-state index contributed by atoms with van der Waals surface area (Å²) in [6, 6.07) is 2.79. The average Bonchev–Trinajstić information content (AvgIpc) is 2.33. The van der Waals surface area contributed by atoms with Crippen LogP contribution in [0.15, 0.2) is 23.1 Å². The number of carbonyl (C=O) groups is 2. The molecule has 0 aliphatic rings. The molecule has 0 radical (unpaired) electrons. The zero-order valence-electron chi connectivity index (χ0n) is 10.2. The normalized spacial score (nSPS) is 10.8. The third-order valence-electron chi connectivity index (χ3n) is 2.22. The van der Waals surface area contributed by atoms with E-state index < -0.39 is 43.8 Å². The van der Waals surface area contributed by atoms with Gasteiger partial charge in [-0.15, -0.1) is 0 Å². The molecule has 1 aromatic carbocycles. The summed E-state index contributed by atoms with van der Waals surface area (Å²) in [5, 5.41) is 21.2. The minimum absolute atomic E-state index is 0.203. The molecule has 10 heteroatoms. The maximum atomic E-state index is 11.5. The van der Waals surface area contributed by atoms with Crippen molar-refractivity contribution in [2.45, 2.75) is 4.90 Å². The number of benzene rings is 1. The summed E-state index contributed by atoms with van der Waals surface area (Å²) >= 11 is 0. The van der Waals surface area contributed by atoms with E-state index in [1.54, 1.807) is 0 Å². The Kier molecular flexibility index (Phi) is 4.40. The molecule has 20 heavy (non-hydrogen) atoms. The zero-order chi connectivity index (χ0) is 15.5. The first-order chi connectivity index (χ1) is 9.12. The van der Waals surface area contributed by atoms with Gasteiger partial charge in [0.2, 0.25) is 0 Å². The number of carbonyl (C=O) groups excluding carboxylic acids is 1. The predicted molar refractivity (Wildman–Crippen MR) is 66.2 cm³/mol. The summed E-state index contributed by atoms with van der Waals surface area (Å²) < 4.78 is 22.7. The van der Waals surface area contributed by atoms with E-state index in [2.05, 4.69) is 0 Å². The van der Waals surface area contributed by atoms with Crippen LogP contribution < -0.4 is 5.32 Å². The maximum absolute atomic E-state index is 11.5. The molecule has 0 heterocycles. The number of hydrogen-bond acceptors (Lipinski definition) is 6. The van der Waals surface area contributed by atoms with Crippen LogP contribution in [-0.4, -0.2) is 43.1 Å². The van der Waals surface area contributed by atoms with Crippen molar-refractivity contribution in [3.05, 3.63) is 33.9 Å². The summed E-state index contributed by atoms with van der Waals surface area (Å²) in [6.45, 7) is -0.652. The Morgan fingerprint density at radius 3 is 2.45 bits per heavy atom. The van der Waals surface area contributed by atoms with Crippen LogP contribution in [0.5, 0.6) is 0 Å². The van der Waals surface area contributed by atoms with Gasteiger partial charge in [-0.25, -0.2) is 8.42 Å². The first-order valence-electron chi connectivity index (χ1n) is 5.11. The molecule has 0 fully saturated rings. The van der Waals surface area contributed by atoms with Crippen LogP contribution in [0.3, 0.4) is 0 Å². The Labute approximate surface area is 113 Å². The number of nitrogens with one attached hydrogen (secondary N) is 1. The molecule has 0 atom stereocenters. The van der Waals surface area contributed by atoms with Crippen LogP contribution in [0.25, 0.3) is 0 Å². The van der Waals surface area contributed by atoms with Gasteiger partial charge in [-0.1, -0.05) is 0 Å². The number of nitro benzene ring substituents is 1. The number of sulfone groups is 1. The van der Waals surface area contributed by atoms with Gasteiger partial charge in [0.1, 0.15) is 11.4 Å². The van der Waals surface area contributed by atoms with Crippen molar-refractivity contribution in [3.8, 4) is 0 Å². The third-order valence-corrected chi connectivity index (χ3v) is 3.36. The highest BCUT2D eigenvalue weighted by Crippen LogP contribution is 2.24. The molecular weight excluding hydrogens is 292 g/mol. The van der Waals surface area contributed by atoms with Gasteiger partial charge in [0.15, 0.2) is 9.84 Å². The summed E-state index contributed by atoms with van der Waals surface area (Å²) in [7, 11) is -3.81. The molecule has 2 N–H and O–H groups in total. The van der Waals surface area contributed by atoms with Crippen molar-refractivity contribution in [2.75, 3.05) is 12.8 Å². The summed E-state index contributed by atoms with van der Waals surface area (Å²) in [5.74, 6) is -2.13. The minimum atomic E-state index is -3.81. The van der Waals surface area contributed by atoms with Crippen molar-refractivity contribution in [2.24, 2.45) is 0 Å². The van der Waals surface area contributed by atoms with Crippen molar-refractivity contribution in [1.82, 2.24) is 5.32 Å². The van der Waals surface area contributed by atoms with E-state index in [4.69, 9.17) is 5.11 Å². The fourth-order valence-corrected chi connectivity index (χ4v) is 2.20. The second kappa shape index (κ2) is 5.65. The highest BCUT2D eigenvalue weighted by atomic mass is 32.2. The SMILES string of the molecule is CS(=O)(=O)c1ccc(C(=O)NCC(=O)O)cc1[N+](=O)[O-]. The number of nitro groups is 1. The average molecular weight is 302 g/mol. The molecule has 9 nitrogen and oxygen atoms in total. The molecule has 0 aliphatic heterocycles. The molecule has 1 amide bonds. The van der Waals surface area contributed by atoms with E-state index in [-0.39, 0.29) is 5.56 Å². The largest absolute Gasteiger partial charge is 0.480 e. The van der Waals surface area contributed by atoms with Crippen LogP contribution in [0.1, 0.15) is 10.4 Å². The smallest absolute Gasteiger partial charge is 0.322 e.